The van der Waals surface area contributed by atoms with Gasteiger partial charge in [0.05, 0.1) is 66.3 Å². The molecule has 2 aromatic heterocycles. The lowest BCUT2D eigenvalue weighted by Crippen LogP contribution is -2.61. The van der Waals surface area contributed by atoms with Crippen molar-refractivity contribution < 1.29 is 32.9 Å². The van der Waals surface area contributed by atoms with Gasteiger partial charge >= 0.3 is 0 Å². The molecule has 2 aliphatic rings. The summed E-state index contributed by atoms with van der Waals surface area (Å²) in [5.41, 5.74) is 1.36. The molecule has 15 aromatic carbocycles. The molecule has 0 amide bonds. The summed E-state index contributed by atoms with van der Waals surface area (Å²) in [7, 11) is 0. The van der Waals surface area contributed by atoms with Gasteiger partial charge in [-0.1, -0.05) is 306 Å². The van der Waals surface area contributed by atoms with Gasteiger partial charge in [-0.05, 0) is 138 Å². The van der Waals surface area contributed by atoms with Crippen molar-refractivity contribution in [1.29, 1.82) is 0 Å². The number of rotatable bonds is 10. The molecule has 4 heterocycles. The van der Waals surface area contributed by atoms with E-state index in [1.165, 1.54) is 0 Å². The highest BCUT2D eigenvalue weighted by Crippen LogP contribution is 2.55. The highest BCUT2D eigenvalue weighted by atomic mass is 15.2. The van der Waals surface area contributed by atoms with E-state index in [0.29, 0.717) is 50.1 Å². The Morgan fingerprint density at radius 3 is 1.09 bits per heavy atom. The first-order valence-electron chi connectivity index (χ1n) is 44.6. The Morgan fingerprint density at radius 2 is 0.636 bits per heavy atom. The van der Waals surface area contributed by atoms with Crippen molar-refractivity contribution in [3.63, 3.8) is 0 Å². The van der Waals surface area contributed by atoms with E-state index < -0.39 is 200 Å². The molecule has 466 valence electrons. The van der Waals surface area contributed by atoms with Gasteiger partial charge in [0.25, 0.3) is 6.71 Å². The van der Waals surface area contributed by atoms with Crippen molar-refractivity contribution in [2.24, 2.45) is 0 Å². The van der Waals surface area contributed by atoms with Crippen molar-refractivity contribution in [2.75, 3.05) is 9.80 Å². The molecular weight excluding hydrogens is 1200 g/mol. The lowest BCUT2D eigenvalue weighted by molar-refractivity contribution is 0.590. The largest absolute Gasteiger partial charge is 0.310 e. The number of nitrogens with zero attached hydrogens (tertiary/aromatic N) is 4. The minimum atomic E-state index is -1.91. The summed E-state index contributed by atoms with van der Waals surface area (Å²) >= 11 is 0. The minimum absolute atomic E-state index is 0.0321. The van der Waals surface area contributed by atoms with Gasteiger partial charge in [-0.25, -0.2) is 0 Å². The monoisotopic (exact) mass is 1290 g/mol. The summed E-state index contributed by atoms with van der Waals surface area (Å²) < 4.78 is 245. The Kier molecular flexibility index (Phi) is 8.97. The number of anilines is 6. The van der Waals surface area contributed by atoms with Gasteiger partial charge in [-0.2, -0.15) is 0 Å². The Balaban J connectivity index is 1.10. The Labute approximate surface area is 611 Å². The van der Waals surface area contributed by atoms with Gasteiger partial charge in [0.1, 0.15) is 0 Å². The molecule has 0 saturated heterocycles. The first-order valence-corrected chi connectivity index (χ1v) is 32.6. The van der Waals surface area contributed by atoms with E-state index in [1.54, 1.807) is 9.80 Å². The first kappa shape index (κ1) is 38.3. The van der Waals surface area contributed by atoms with Gasteiger partial charge < -0.3 is 18.9 Å². The fraction of sp³-hybridized carbons (Fsp3) is 0.0426. The maximum absolute atomic E-state index is 11.8. The number of hydrogen-bond donors (Lipinski definition) is 0. The third-order valence-corrected chi connectivity index (χ3v) is 18.9. The summed E-state index contributed by atoms with van der Waals surface area (Å²) in [6.45, 7) is 3.55. The molecule has 0 unspecified atom stereocenters. The van der Waals surface area contributed by atoms with E-state index in [1.807, 2.05) is 227 Å². The molecule has 0 aliphatic carbocycles. The van der Waals surface area contributed by atoms with Crippen LogP contribution < -0.4 is 26.2 Å². The molecule has 0 fully saturated rings. The van der Waals surface area contributed by atoms with Crippen LogP contribution in [-0.2, 0) is 5.41 Å². The lowest BCUT2D eigenvalue weighted by atomic mass is 9.33. The van der Waals surface area contributed by atoms with Crippen molar-refractivity contribution in [1.82, 2.24) is 9.13 Å². The summed E-state index contributed by atoms with van der Waals surface area (Å²) in [5.74, 6) is 0. The van der Waals surface area contributed by atoms with Gasteiger partial charge in [0.2, 0.25) is 0 Å². The molecule has 0 N–H and O–H groups in total. The van der Waals surface area contributed by atoms with E-state index in [4.69, 9.17) is 5.48 Å². The number of fused-ring (bicyclic) bond motifs is 10. The normalized spacial score (nSPS) is 15.9. The Morgan fingerprint density at radius 1 is 0.293 bits per heavy atom. The quantitative estimate of drug-likeness (QED) is 0.127. The third-order valence-electron chi connectivity index (χ3n) is 18.9. The van der Waals surface area contributed by atoms with E-state index in [2.05, 4.69) is 0 Å². The highest BCUT2D eigenvalue weighted by molar-refractivity contribution is 7.00. The molecule has 0 saturated carbocycles. The smallest absolute Gasteiger partial charge is 0.252 e. The third kappa shape index (κ3) is 9.37. The van der Waals surface area contributed by atoms with Crippen molar-refractivity contribution in [3.05, 3.63) is 357 Å². The predicted molar refractivity (Wildman–Crippen MR) is 420 cm³/mol. The van der Waals surface area contributed by atoms with Gasteiger partial charge in [0, 0.05) is 77.9 Å². The first-order chi connectivity index (χ1) is 58.8. The van der Waals surface area contributed by atoms with Gasteiger partial charge in [0.15, 0.2) is 0 Å². The fourth-order valence-corrected chi connectivity index (χ4v) is 14.5. The standard InChI is InChI=1S/C94H67BN4/c1-94(2,3)68-58-89-91-90(59-68)99(93-74(67-38-26-37-66(57-67)62-29-8-4-9-30-62)47-28-48-80(93)75-40-17-16-39-71(75)63-31-10-5-11-32-63)88-61-70(97-85-51-24-20-43-78(85)79-44-21-25-52-86(79)97)54-56-82(88)95(91)81-55-53-69(96-83-49-22-18-41-76(83)77-42-19-23-50-84(77)96)60-87(81)98(89)92-72(64-33-12-6-13-34-64)45-27-46-73(92)65-35-14-7-15-36-65/h4-61H,1-3H3/i18D,19D,20D,21D,22D,23D,24D,25D,41D,42D,43D,44D,49D,50D,51D,52D,53D,54D,55D,56D,58D,59D,60D,61D. The fourth-order valence-electron chi connectivity index (χ4n) is 14.5. The van der Waals surface area contributed by atoms with Crippen LogP contribution in [0, 0.1) is 0 Å². The summed E-state index contributed by atoms with van der Waals surface area (Å²) in [6.07, 6.45) is 0. The second kappa shape index (κ2) is 23.2. The van der Waals surface area contributed by atoms with Gasteiger partial charge in [-0.3, -0.25) is 0 Å². The van der Waals surface area contributed by atoms with E-state index >= 15 is 0 Å². The molecule has 0 spiro atoms. The van der Waals surface area contributed by atoms with Crippen LogP contribution in [0.5, 0.6) is 0 Å². The van der Waals surface area contributed by atoms with Crippen LogP contribution in [0.25, 0.3) is 122 Å². The SMILES string of the molecule is [2H]c1c([2H])c(-n2c3c([2H])c([2H])c([2H])c([2H])c3c3c([2H])c([2H])c([2H])c([2H])c32)c([2H])c2c1B1c3c([2H])c([2H])c(-n4c5c([2H])c([2H])c([2H])c([2H])c5c5c([2H])c([2H])c([2H])c([2H])c54)c([2H])c3N(c3c(-c4cccc(-c5ccccc5)c4)cccc3-c3ccccc3-c3ccccc3)c3c([2H])c(C(C)(C)C)c([2H])c(c31)N2c1c(-c2ccccc2)cccc1-c1ccccc1. The topological polar surface area (TPSA) is 16.3 Å². The maximum atomic E-state index is 11.8. The lowest BCUT2D eigenvalue weighted by Gasteiger charge is -2.46. The second-order valence-corrected chi connectivity index (χ2v) is 25.6. The van der Waals surface area contributed by atoms with Crippen molar-refractivity contribution in [2.45, 2.75) is 26.2 Å². The molecule has 19 rings (SSSR count). The number of aromatic nitrogens is 2. The molecular formula is C94H67BN4. The summed E-state index contributed by atoms with van der Waals surface area (Å²) in [5, 5.41) is -1.62. The highest BCUT2D eigenvalue weighted by Gasteiger charge is 2.46. The number of hydrogen-bond acceptors (Lipinski definition) is 2. The Hall–Kier alpha value is -12.4. The predicted octanol–water partition coefficient (Wildman–Crippen LogP) is 23.3. The van der Waals surface area contributed by atoms with E-state index in [9.17, 15) is 27.4 Å². The molecule has 0 atom stereocenters. The zero-order valence-electron chi connectivity index (χ0n) is 77.5. The molecule has 2 aliphatic heterocycles. The maximum Gasteiger partial charge on any atom is 0.252 e. The molecule has 5 heteroatoms. The van der Waals surface area contributed by atoms with Gasteiger partial charge in [-0.15, -0.1) is 0 Å². The van der Waals surface area contributed by atoms with Crippen LogP contribution in [0.3, 0.4) is 0 Å². The number of benzene rings is 15. The molecule has 0 radical (unpaired) electrons. The second-order valence-electron chi connectivity index (χ2n) is 25.6. The average Bonchev–Trinajstić information content (AvgIpc) is 1.12. The van der Waals surface area contributed by atoms with E-state index in [0.717, 1.165) is 25.8 Å². The molecule has 17 aromatic rings. The molecule has 0 bridgehead atoms. The zero-order chi connectivity index (χ0) is 86.8. The van der Waals surface area contributed by atoms with E-state index in [-0.39, 0.29) is 68.2 Å². The van der Waals surface area contributed by atoms with Crippen LogP contribution in [0.15, 0.2) is 351 Å². The minimum Gasteiger partial charge on any atom is -0.310 e. The summed E-state index contributed by atoms with van der Waals surface area (Å²) in [6, 6.07) is 46.1. The van der Waals surface area contributed by atoms with Crippen LogP contribution >= 0.6 is 0 Å². The molecule has 4 nitrogen and oxygen atoms in total. The number of para-hydroxylation sites is 6. The molecule has 99 heavy (non-hydrogen) atoms. The Bertz CT molecular complexity index is 7330. The van der Waals surface area contributed by atoms with Crippen LogP contribution in [0.4, 0.5) is 34.1 Å². The zero-order valence-corrected chi connectivity index (χ0v) is 53.5. The van der Waals surface area contributed by atoms with Crippen LogP contribution in [-0.4, -0.2) is 15.8 Å². The van der Waals surface area contributed by atoms with Crippen LogP contribution in [0.2, 0.25) is 0 Å². The van der Waals surface area contributed by atoms with Crippen LogP contribution in [0.1, 0.15) is 59.2 Å². The summed E-state index contributed by atoms with van der Waals surface area (Å²) in [4.78, 5) is 3.30. The van der Waals surface area contributed by atoms with Crippen molar-refractivity contribution >= 4 is 101 Å². The average molecular weight is 1290 g/mol. The van der Waals surface area contributed by atoms with Crippen molar-refractivity contribution in [3.8, 4) is 78.1 Å².